The van der Waals surface area contributed by atoms with Crippen LogP contribution in [0.25, 0.3) is 0 Å². The zero-order chi connectivity index (χ0) is 32.4. The molecule has 2 aromatic rings. The third kappa shape index (κ3) is 11.3. The molecule has 2 rings (SSSR count). The molecule has 0 radical (unpaired) electrons. The van der Waals surface area contributed by atoms with Crippen molar-refractivity contribution in [1.29, 1.82) is 5.26 Å². The number of aliphatic hydroxyl groups is 1. The van der Waals surface area contributed by atoms with Crippen LogP contribution in [0.2, 0.25) is 0 Å². The number of alkyl carbamates (subject to hydrolysis) is 1. The first-order valence-electron chi connectivity index (χ1n) is 13.7. The van der Waals surface area contributed by atoms with Crippen molar-refractivity contribution in [3.05, 3.63) is 65.7 Å². The predicted molar refractivity (Wildman–Crippen MR) is 156 cm³/mol. The van der Waals surface area contributed by atoms with Crippen molar-refractivity contribution in [2.45, 2.75) is 77.3 Å². The molecule has 0 heterocycles. The first-order chi connectivity index (χ1) is 20.0. The zero-order valence-corrected chi connectivity index (χ0v) is 25.3. The molecule has 0 aliphatic heterocycles. The third-order valence-electron chi connectivity index (χ3n) is 5.73. The molecule has 3 atom stereocenters. The van der Waals surface area contributed by atoms with Crippen LogP contribution in [-0.2, 0) is 30.3 Å². The molecular formula is C31H40N4O8. The molecule has 43 heavy (non-hydrogen) atoms. The summed E-state index contributed by atoms with van der Waals surface area (Å²) in [5.74, 6) is -2.79. The topological polar surface area (TPSA) is 178 Å². The van der Waals surface area contributed by atoms with Gasteiger partial charge in [-0.05, 0) is 64.8 Å². The average molecular weight is 597 g/mol. The van der Waals surface area contributed by atoms with E-state index in [-0.39, 0.29) is 17.7 Å². The summed E-state index contributed by atoms with van der Waals surface area (Å²) in [5.41, 5.74) is -0.942. The molecule has 0 fully saturated rings. The number of phenolic OH excluding ortho intramolecular Hbond substituents is 1. The summed E-state index contributed by atoms with van der Waals surface area (Å²) in [7, 11) is 0. The third-order valence-corrected chi connectivity index (χ3v) is 5.73. The lowest BCUT2D eigenvalue weighted by atomic mass is 10.0. The smallest absolute Gasteiger partial charge is 0.408 e. The highest BCUT2D eigenvalue weighted by molar-refractivity contribution is 5.94. The Morgan fingerprint density at radius 2 is 1.53 bits per heavy atom. The molecule has 4 N–H and O–H groups in total. The van der Waals surface area contributed by atoms with Crippen LogP contribution in [0, 0.1) is 11.3 Å². The van der Waals surface area contributed by atoms with E-state index in [1.54, 1.807) is 71.9 Å². The van der Waals surface area contributed by atoms with Crippen LogP contribution in [0.3, 0.4) is 0 Å². The van der Waals surface area contributed by atoms with Crippen LogP contribution < -0.4 is 10.6 Å². The molecule has 12 heteroatoms. The van der Waals surface area contributed by atoms with E-state index < -0.39 is 66.4 Å². The van der Waals surface area contributed by atoms with Gasteiger partial charge < -0.3 is 35.2 Å². The van der Waals surface area contributed by atoms with Crippen LogP contribution in [0.4, 0.5) is 4.79 Å². The number of benzene rings is 2. The van der Waals surface area contributed by atoms with Gasteiger partial charge in [-0.3, -0.25) is 9.59 Å². The number of carbonyl (C=O) groups is 4. The van der Waals surface area contributed by atoms with Crippen molar-refractivity contribution in [3.8, 4) is 11.8 Å². The summed E-state index contributed by atoms with van der Waals surface area (Å²) in [5, 5.41) is 34.7. The first-order valence-corrected chi connectivity index (χ1v) is 13.7. The molecule has 0 saturated carbocycles. The summed E-state index contributed by atoms with van der Waals surface area (Å²) in [6.07, 6.45) is -0.942. The van der Waals surface area contributed by atoms with Crippen molar-refractivity contribution >= 4 is 23.9 Å². The minimum atomic E-state index is -1.58. The monoisotopic (exact) mass is 596 g/mol. The van der Waals surface area contributed by atoms with E-state index in [9.17, 15) is 34.7 Å². The first kappa shape index (κ1) is 34.6. The minimum Gasteiger partial charge on any atom is -0.508 e. The van der Waals surface area contributed by atoms with E-state index in [2.05, 4.69) is 10.6 Å². The lowest BCUT2D eigenvalue weighted by Gasteiger charge is -2.33. The van der Waals surface area contributed by atoms with Gasteiger partial charge in [-0.25, -0.2) is 9.59 Å². The van der Waals surface area contributed by atoms with E-state index >= 15 is 0 Å². The van der Waals surface area contributed by atoms with E-state index in [0.29, 0.717) is 0 Å². The second-order valence-corrected chi connectivity index (χ2v) is 11.8. The molecule has 3 amide bonds. The number of nitrogens with one attached hydrogen (secondary N) is 2. The van der Waals surface area contributed by atoms with Gasteiger partial charge in [-0.1, -0.05) is 42.5 Å². The number of aliphatic hydroxyl groups excluding tert-OH is 1. The summed E-state index contributed by atoms with van der Waals surface area (Å²) in [4.78, 5) is 54.1. The molecule has 2 aromatic carbocycles. The van der Waals surface area contributed by atoms with E-state index in [4.69, 9.17) is 9.47 Å². The van der Waals surface area contributed by atoms with Crippen molar-refractivity contribution < 1.29 is 38.9 Å². The van der Waals surface area contributed by atoms with Crippen LogP contribution in [0.5, 0.6) is 5.75 Å². The Bertz CT molecular complexity index is 1310. The molecule has 0 saturated heterocycles. The van der Waals surface area contributed by atoms with Gasteiger partial charge in [0.15, 0.2) is 0 Å². The number of esters is 1. The highest BCUT2D eigenvalue weighted by atomic mass is 16.6. The molecule has 0 aliphatic rings. The number of carbonyl (C=O) groups excluding carboxylic acids is 4. The van der Waals surface area contributed by atoms with Crippen molar-refractivity contribution in [1.82, 2.24) is 15.5 Å². The quantitative estimate of drug-likeness (QED) is 0.224. The number of nitrogens with zero attached hydrogens (tertiary/aromatic N) is 2. The van der Waals surface area contributed by atoms with Crippen molar-refractivity contribution in [3.63, 3.8) is 0 Å². The fourth-order valence-electron chi connectivity index (χ4n) is 4.04. The number of ether oxygens (including phenoxy) is 2. The normalized spacial score (nSPS) is 13.4. The van der Waals surface area contributed by atoms with Crippen molar-refractivity contribution in [2.24, 2.45) is 0 Å². The summed E-state index contributed by atoms with van der Waals surface area (Å²) >= 11 is 0. The van der Waals surface area contributed by atoms with Crippen LogP contribution >= 0.6 is 0 Å². The van der Waals surface area contributed by atoms with Gasteiger partial charge in [-0.15, -0.1) is 0 Å². The second-order valence-electron chi connectivity index (χ2n) is 11.8. The highest BCUT2D eigenvalue weighted by Gasteiger charge is 2.38. The number of rotatable bonds is 11. The summed E-state index contributed by atoms with van der Waals surface area (Å²) in [6.45, 7) is 8.37. The van der Waals surface area contributed by atoms with Crippen LogP contribution in [0.15, 0.2) is 54.6 Å². The Balaban J connectivity index is 2.53. The number of hydrogen-bond acceptors (Lipinski definition) is 9. The second kappa shape index (κ2) is 15.0. The Labute approximate surface area is 251 Å². The fourth-order valence-corrected chi connectivity index (χ4v) is 4.04. The SMILES string of the molecule is CC(C)(C)OC(=O)NC(CO)C(=O)N(CC#N)C(C(=O)NC(Cc1ccccc1)C(=O)OC(C)(C)C)c1cccc(O)c1. The number of amides is 3. The minimum absolute atomic E-state index is 0.0555. The predicted octanol–water partition coefficient (Wildman–Crippen LogP) is 2.74. The Morgan fingerprint density at radius 1 is 0.907 bits per heavy atom. The molecule has 0 aliphatic carbocycles. The highest BCUT2D eigenvalue weighted by Crippen LogP contribution is 2.26. The maximum Gasteiger partial charge on any atom is 0.408 e. The zero-order valence-electron chi connectivity index (χ0n) is 25.3. The van der Waals surface area contributed by atoms with Gasteiger partial charge in [0.2, 0.25) is 11.8 Å². The molecular weight excluding hydrogens is 556 g/mol. The number of hydrogen-bond donors (Lipinski definition) is 4. The summed E-state index contributed by atoms with van der Waals surface area (Å²) in [6, 6.07) is 11.9. The van der Waals surface area contributed by atoms with E-state index in [1.807, 2.05) is 6.07 Å². The van der Waals surface area contributed by atoms with Gasteiger partial charge in [-0.2, -0.15) is 5.26 Å². The molecule has 232 valence electrons. The lowest BCUT2D eigenvalue weighted by molar-refractivity contribution is -0.159. The number of aromatic hydroxyl groups is 1. The fraction of sp³-hybridized carbons (Fsp3) is 0.452. The lowest BCUT2D eigenvalue weighted by Crippen LogP contribution is -2.56. The summed E-state index contributed by atoms with van der Waals surface area (Å²) < 4.78 is 10.7. The molecule has 0 aromatic heterocycles. The van der Waals surface area contributed by atoms with E-state index in [0.717, 1.165) is 10.5 Å². The Kier molecular flexibility index (Phi) is 12.1. The van der Waals surface area contributed by atoms with Gasteiger partial charge in [0.25, 0.3) is 0 Å². The average Bonchev–Trinajstić information content (AvgIpc) is 2.89. The molecule has 0 bridgehead atoms. The maximum absolute atomic E-state index is 14.0. The molecule has 0 spiro atoms. The van der Waals surface area contributed by atoms with E-state index in [1.165, 1.54) is 24.3 Å². The standard InChI is InChI=1S/C31H40N4O8/c1-30(2,3)42-28(40)23(17-20-11-8-7-9-12-20)33-26(38)25(21-13-10-14-22(37)18-21)35(16-15-32)27(39)24(19-36)34-29(41)43-31(4,5)6/h7-14,18,23-25,36-37H,16-17,19H2,1-6H3,(H,33,38)(H,34,41). The molecule has 12 nitrogen and oxygen atoms in total. The van der Waals surface area contributed by atoms with Crippen LogP contribution in [0.1, 0.15) is 58.7 Å². The van der Waals surface area contributed by atoms with Gasteiger partial charge in [0, 0.05) is 6.42 Å². The Hall–Kier alpha value is -4.63. The van der Waals surface area contributed by atoms with Crippen molar-refractivity contribution in [2.75, 3.05) is 13.2 Å². The van der Waals surface area contributed by atoms with Gasteiger partial charge in [0.1, 0.15) is 41.6 Å². The number of phenols is 1. The van der Waals surface area contributed by atoms with Crippen LogP contribution in [-0.4, -0.2) is 75.4 Å². The maximum atomic E-state index is 14.0. The van der Waals surface area contributed by atoms with Gasteiger partial charge in [0.05, 0.1) is 12.7 Å². The largest absolute Gasteiger partial charge is 0.508 e. The number of nitriles is 1. The van der Waals surface area contributed by atoms with Gasteiger partial charge >= 0.3 is 12.1 Å². The Morgan fingerprint density at radius 3 is 2.07 bits per heavy atom. The molecule has 3 unspecified atom stereocenters.